The molecule has 1 unspecified atom stereocenters. The van der Waals surface area contributed by atoms with Crippen LogP contribution < -0.4 is 10.6 Å². The summed E-state index contributed by atoms with van der Waals surface area (Å²) in [6, 6.07) is 5.06. The topological polar surface area (TPSA) is 45.4 Å². The summed E-state index contributed by atoms with van der Waals surface area (Å²) < 4.78 is 0. The molecule has 2 aliphatic heterocycles. The SMILES string of the molecule is CC(N)c1ccc(N2CCC(N3CCCCC3)CC2)cn1. The molecule has 0 saturated carbocycles. The number of rotatable bonds is 3. The van der Waals surface area contributed by atoms with E-state index in [-0.39, 0.29) is 6.04 Å². The van der Waals surface area contributed by atoms with Crippen LogP contribution in [-0.2, 0) is 0 Å². The second-order valence-electron chi connectivity index (χ2n) is 6.54. The van der Waals surface area contributed by atoms with Crippen molar-refractivity contribution in [2.75, 3.05) is 31.1 Å². The van der Waals surface area contributed by atoms with E-state index in [0.717, 1.165) is 24.8 Å². The van der Waals surface area contributed by atoms with Crippen molar-refractivity contribution in [2.45, 2.75) is 51.1 Å². The first kappa shape index (κ1) is 14.8. The zero-order chi connectivity index (χ0) is 14.7. The van der Waals surface area contributed by atoms with Gasteiger partial charge in [0.1, 0.15) is 0 Å². The van der Waals surface area contributed by atoms with Gasteiger partial charge in [-0.1, -0.05) is 6.42 Å². The fourth-order valence-electron chi connectivity index (χ4n) is 3.63. The van der Waals surface area contributed by atoms with Gasteiger partial charge in [-0.05, 0) is 57.8 Å². The molecular formula is C17H28N4. The summed E-state index contributed by atoms with van der Waals surface area (Å²) in [4.78, 5) is 9.68. The van der Waals surface area contributed by atoms with Crippen LogP contribution in [0.2, 0.25) is 0 Å². The number of nitrogens with two attached hydrogens (primary N) is 1. The highest BCUT2D eigenvalue weighted by atomic mass is 15.2. The van der Waals surface area contributed by atoms with Crippen molar-refractivity contribution in [1.29, 1.82) is 0 Å². The molecule has 4 nitrogen and oxygen atoms in total. The van der Waals surface area contributed by atoms with E-state index in [0.29, 0.717) is 0 Å². The average Bonchev–Trinajstić information content (AvgIpc) is 2.56. The van der Waals surface area contributed by atoms with Gasteiger partial charge in [-0.25, -0.2) is 0 Å². The molecule has 0 radical (unpaired) electrons. The van der Waals surface area contributed by atoms with Crippen molar-refractivity contribution < 1.29 is 0 Å². The summed E-state index contributed by atoms with van der Waals surface area (Å²) in [6.45, 7) is 6.91. The average molecular weight is 288 g/mol. The largest absolute Gasteiger partial charge is 0.370 e. The summed E-state index contributed by atoms with van der Waals surface area (Å²) in [5.74, 6) is 0. The molecule has 0 bridgehead atoms. The molecule has 0 amide bonds. The van der Waals surface area contributed by atoms with Crippen molar-refractivity contribution in [3.63, 3.8) is 0 Å². The molecule has 0 aromatic carbocycles. The molecule has 2 fully saturated rings. The second kappa shape index (κ2) is 6.75. The van der Waals surface area contributed by atoms with Crippen molar-refractivity contribution in [2.24, 2.45) is 5.73 Å². The van der Waals surface area contributed by atoms with Gasteiger partial charge in [-0.2, -0.15) is 0 Å². The van der Waals surface area contributed by atoms with Crippen LogP contribution in [0.25, 0.3) is 0 Å². The molecule has 3 heterocycles. The number of hydrogen-bond acceptors (Lipinski definition) is 4. The summed E-state index contributed by atoms with van der Waals surface area (Å²) in [7, 11) is 0. The van der Waals surface area contributed by atoms with Gasteiger partial charge in [-0.3, -0.25) is 4.98 Å². The van der Waals surface area contributed by atoms with E-state index in [2.05, 4.69) is 26.9 Å². The first-order valence-electron chi connectivity index (χ1n) is 8.44. The smallest absolute Gasteiger partial charge is 0.0569 e. The summed E-state index contributed by atoms with van der Waals surface area (Å²) in [5, 5.41) is 0. The van der Waals surface area contributed by atoms with Gasteiger partial charge in [-0.15, -0.1) is 0 Å². The maximum Gasteiger partial charge on any atom is 0.0569 e. The van der Waals surface area contributed by atoms with E-state index in [4.69, 9.17) is 5.73 Å². The van der Waals surface area contributed by atoms with Gasteiger partial charge in [0.15, 0.2) is 0 Å². The van der Waals surface area contributed by atoms with E-state index in [1.54, 1.807) is 0 Å². The Morgan fingerprint density at radius 2 is 1.81 bits per heavy atom. The maximum atomic E-state index is 5.86. The highest BCUT2D eigenvalue weighted by Crippen LogP contribution is 2.24. The minimum atomic E-state index is 0.0175. The first-order valence-corrected chi connectivity index (χ1v) is 8.44. The summed E-state index contributed by atoms with van der Waals surface area (Å²) >= 11 is 0. The number of pyridine rings is 1. The van der Waals surface area contributed by atoms with Crippen molar-refractivity contribution in [1.82, 2.24) is 9.88 Å². The maximum absolute atomic E-state index is 5.86. The van der Waals surface area contributed by atoms with Gasteiger partial charge in [0.2, 0.25) is 0 Å². The number of likely N-dealkylation sites (tertiary alicyclic amines) is 1. The van der Waals surface area contributed by atoms with Gasteiger partial charge in [0.05, 0.1) is 17.6 Å². The molecule has 21 heavy (non-hydrogen) atoms. The quantitative estimate of drug-likeness (QED) is 0.928. The zero-order valence-corrected chi connectivity index (χ0v) is 13.2. The Labute approximate surface area is 128 Å². The van der Waals surface area contributed by atoms with Crippen LogP contribution in [0.3, 0.4) is 0 Å². The Kier molecular flexibility index (Phi) is 4.76. The van der Waals surface area contributed by atoms with Crippen LogP contribution >= 0.6 is 0 Å². The van der Waals surface area contributed by atoms with Gasteiger partial charge in [0.25, 0.3) is 0 Å². The number of piperidine rings is 2. The fourth-order valence-corrected chi connectivity index (χ4v) is 3.63. The Morgan fingerprint density at radius 3 is 2.38 bits per heavy atom. The van der Waals surface area contributed by atoms with Crippen molar-refractivity contribution in [3.8, 4) is 0 Å². The lowest BCUT2D eigenvalue weighted by Crippen LogP contribution is -2.46. The Hall–Kier alpha value is -1.13. The molecule has 3 rings (SSSR count). The molecule has 2 saturated heterocycles. The van der Waals surface area contributed by atoms with Gasteiger partial charge in [0, 0.05) is 25.2 Å². The molecule has 2 N–H and O–H groups in total. The van der Waals surface area contributed by atoms with E-state index in [1.807, 2.05) is 13.1 Å². The Morgan fingerprint density at radius 1 is 1.10 bits per heavy atom. The Balaban J connectivity index is 1.55. The van der Waals surface area contributed by atoms with E-state index >= 15 is 0 Å². The lowest BCUT2D eigenvalue weighted by Gasteiger charge is -2.40. The minimum absolute atomic E-state index is 0.0175. The van der Waals surface area contributed by atoms with Gasteiger partial charge >= 0.3 is 0 Å². The monoisotopic (exact) mass is 288 g/mol. The van der Waals surface area contributed by atoms with Crippen LogP contribution in [0.5, 0.6) is 0 Å². The third-order valence-electron chi connectivity index (χ3n) is 4.97. The van der Waals surface area contributed by atoms with Crippen LogP contribution in [0.1, 0.15) is 50.8 Å². The molecule has 1 aromatic rings. The first-order chi connectivity index (χ1) is 10.2. The normalized spacial score (nSPS) is 23.2. The summed E-state index contributed by atoms with van der Waals surface area (Å²) in [6.07, 6.45) is 8.77. The second-order valence-corrected chi connectivity index (χ2v) is 6.54. The Bertz CT molecular complexity index is 429. The lowest BCUT2D eigenvalue weighted by molar-refractivity contribution is 0.141. The number of hydrogen-bond donors (Lipinski definition) is 1. The third-order valence-corrected chi connectivity index (χ3v) is 4.97. The molecular weight excluding hydrogens is 260 g/mol. The molecule has 2 aliphatic rings. The molecule has 116 valence electrons. The third kappa shape index (κ3) is 3.55. The van der Waals surface area contributed by atoms with E-state index < -0.39 is 0 Å². The molecule has 0 spiro atoms. The molecule has 1 atom stereocenters. The lowest BCUT2D eigenvalue weighted by atomic mass is 9.99. The highest BCUT2D eigenvalue weighted by Gasteiger charge is 2.25. The van der Waals surface area contributed by atoms with Crippen molar-refractivity contribution >= 4 is 5.69 Å². The standard InChI is InChI=1S/C17H28N4/c1-14(18)17-6-5-16(13-19-17)21-11-7-15(8-12-21)20-9-3-2-4-10-20/h5-6,13-15H,2-4,7-12,18H2,1H3. The van der Waals surface area contributed by atoms with Crippen LogP contribution in [0.15, 0.2) is 18.3 Å². The minimum Gasteiger partial charge on any atom is -0.370 e. The molecule has 0 aliphatic carbocycles. The highest BCUT2D eigenvalue weighted by molar-refractivity contribution is 5.45. The van der Waals surface area contributed by atoms with Crippen LogP contribution in [0, 0.1) is 0 Å². The number of nitrogens with zero attached hydrogens (tertiary/aromatic N) is 3. The van der Waals surface area contributed by atoms with Gasteiger partial charge < -0.3 is 15.5 Å². The molecule has 1 aromatic heterocycles. The predicted octanol–water partition coefficient (Wildman–Crippen LogP) is 2.56. The van der Waals surface area contributed by atoms with Crippen LogP contribution in [0.4, 0.5) is 5.69 Å². The van der Waals surface area contributed by atoms with Crippen LogP contribution in [-0.4, -0.2) is 42.1 Å². The predicted molar refractivity (Wildman–Crippen MR) is 87.5 cm³/mol. The summed E-state index contributed by atoms with van der Waals surface area (Å²) in [5.41, 5.74) is 8.08. The van der Waals surface area contributed by atoms with E-state index in [9.17, 15) is 0 Å². The zero-order valence-electron chi connectivity index (χ0n) is 13.2. The number of aromatic nitrogens is 1. The van der Waals surface area contributed by atoms with E-state index in [1.165, 1.54) is 50.9 Å². The van der Waals surface area contributed by atoms with Crippen molar-refractivity contribution in [3.05, 3.63) is 24.0 Å². The molecule has 4 heteroatoms. The fraction of sp³-hybridized carbons (Fsp3) is 0.706. The number of anilines is 1.